The molecule has 0 fully saturated rings. The van der Waals surface area contributed by atoms with E-state index >= 15 is 0 Å². The molecular formula is C30H25FN2. The smallest absolute Gasteiger partial charge is 0.123 e. The Bertz CT molecular complexity index is 1310. The highest BCUT2D eigenvalue weighted by molar-refractivity contribution is 5.94. The minimum absolute atomic E-state index is 0.260. The predicted molar refractivity (Wildman–Crippen MR) is 134 cm³/mol. The van der Waals surface area contributed by atoms with Crippen LogP contribution in [0.4, 0.5) is 4.39 Å². The maximum Gasteiger partial charge on any atom is 0.123 e. The molecule has 0 aliphatic rings. The Labute approximate surface area is 194 Å². The van der Waals surface area contributed by atoms with Gasteiger partial charge in [-0.1, -0.05) is 86.6 Å². The largest absolute Gasteiger partial charge is 0.233 e. The Morgan fingerprint density at radius 1 is 0.697 bits per heavy atom. The van der Waals surface area contributed by atoms with Gasteiger partial charge in [-0.3, -0.25) is 0 Å². The van der Waals surface area contributed by atoms with Crippen LogP contribution in [0.5, 0.6) is 0 Å². The van der Waals surface area contributed by atoms with Crippen molar-refractivity contribution in [1.29, 1.82) is 0 Å². The van der Waals surface area contributed by atoms with Gasteiger partial charge >= 0.3 is 0 Å². The van der Waals surface area contributed by atoms with Crippen LogP contribution in [0.15, 0.2) is 109 Å². The van der Waals surface area contributed by atoms with Crippen molar-refractivity contribution in [3.8, 4) is 39.2 Å². The fraction of sp³-hybridized carbons (Fsp3) is 0.100. The lowest BCUT2D eigenvalue weighted by Gasteiger charge is -2.20. The van der Waals surface area contributed by atoms with E-state index in [0.29, 0.717) is 5.92 Å². The third kappa shape index (κ3) is 4.10. The molecule has 0 radical (unpaired) electrons. The molecule has 0 amide bonds. The molecular weight excluding hydrogens is 407 g/mol. The molecule has 0 saturated carbocycles. The molecule has 0 aliphatic carbocycles. The first-order valence-corrected chi connectivity index (χ1v) is 11.2. The van der Waals surface area contributed by atoms with Crippen LogP contribution < -0.4 is 0 Å². The zero-order valence-electron chi connectivity index (χ0n) is 18.7. The summed E-state index contributed by atoms with van der Waals surface area (Å²) in [6.45, 7) is 4.45. The summed E-state index contributed by atoms with van der Waals surface area (Å²) in [5.74, 6) is 0.120. The van der Waals surface area contributed by atoms with Crippen LogP contribution in [-0.2, 0) is 0 Å². The summed E-state index contributed by atoms with van der Waals surface area (Å²) in [5, 5.41) is 4.61. The second-order valence-corrected chi connectivity index (χ2v) is 8.48. The molecule has 162 valence electrons. The zero-order chi connectivity index (χ0) is 22.8. The lowest BCUT2D eigenvalue weighted by molar-refractivity contribution is 0.627. The highest BCUT2D eigenvalue weighted by atomic mass is 19.1. The van der Waals surface area contributed by atoms with Gasteiger partial charge in [-0.2, -0.15) is 5.10 Å². The van der Waals surface area contributed by atoms with E-state index < -0.39 is 0 Å². The van der Waals surface area contributed by atoms with Crippen molar-refractivity contribution in [3.63, 3.8) is 0 Å². The lowest BCUT2D eigenvalue weighted by atomic mass is 9.85. The Hall–Kier alpha value is -3.98. The summed E-state index contributed by atoms with van der Waals surface area (Å²) in [4.78, 5) is 0. The van der Waals surface area contributed by atoms with Gasteiger partial charge < -0.3 is 0 Å². The first kappa shape index (κ1) is 20.9. The first-order chi connectivity index (χ1) is 16.1. The fourth-order valence-corrected chi connectivity index (χ4v) is 4.25. The molecule has 0 spiro atoms. The summed E-state index contributed by atoms with van der Waals surface area (Å²) in [6.07, 6.45) is 1.80. The van der Waals surface area contributed by atoms with E-state index in [1.807, 2.05) is 22.9 Å². The van der Waals surface area contributed by atoms with Gasteiger partial charge in [-0.05, 0) is 64.1 Å². The Balaban J connectivity index is 1.85. The first-order valence-electron chi connectivity index (χ1n) is 11.2. The van der Waals surface area contributed by atoms with Gasteiger partial charge in [0.25, 0.3) is 0 Å². The van der Waals surface area contributed by atoms with Crippen LogP contribution in [-0.4, -0.2) is 9.78 Å². The van der Waals surface area contributed by atoms with Crippen molar-refractivity contribution >= 4 is 0 Å². The van der Waals surface area contributed by atoms with E-state index in [9.17, 15) is 4.39 Å². The van der Waals surface area contributed by atoms with Gasteiger partial charge in [-0.15, -0.1) is 0 Å². The average Bonchev–Trinajstić information content (AvgIpc) is 3.34. The third-order valence-electron chi connectivity index (χ3n) is 5.97. The molecule has 33 heavy (non-hydrogen) atoms. The molecule has 0 N–H and O–H groups in total. The average molecular weight is 433 g/mol. The van der Waals surface area contributed by atoms with Gasteiger partial charge in [0.15, 0.2) is 0 Å². The van der Waals surface area contributed by atoms with E-state index in [2.05, 4.69) is 79.6 Å². The molecule has 0 unspecified atom stereocenters. The SMILES string of the molecule is CC(C)c1cc(-c2ccccc2)c(-c2ccnn2-c2ccc(F)cc2)c(-c2ccccc2)c1. The number of hydrogen-bond donors (Lipinski definition) is 0. The van der Waals surface area contributed by atoms with Crippen LogP contribution in [0.1, 0.15) is 25.3 Å². The third-order valence-corrected chi connectivity index (χ3v) is 5.97. The molecule has 4 aromatic carbocycles. The molecule has 2 nitrogen and oxygen atoms in total. The monoisotopic (exact) mass is 432 g/mol. The van der Waals surface area contributed by atoms with E-state index in [4.69, 9.17) is 0 Å². The van der Waals surface area contributed by atoms with Gasteiger partial charge in [0.2, 0.25) is 0 Å². The van der Waals surface area contributed by atoms with E-state index in [0.717, 1.165) is 39.2 Å². The van der Waals surface area contributed by atoms with Crippen molar-refractivity contribution in [2.75, 3.05) is 0 Å². The molecule has 0 aliphatic heterocycles. The molecule has 0 saturated heterocycles. The van der Waals surface area contributed by atoms with Gasteiger partial charge in [0.05, 0.1) is 17.6 Å². The molecule has 3 heteroatoms. The van der Waals surface area contributed by atoms with Crippen LogP contribution >= 0.6 is 0 Å². The Kier molecular flexibility index (Phi) is 5.62. The van der Waals surface area contributed by atoms with Gasteiger partial charge in [0, 0.05) is 5.56 Å². The number of aromatic nitrogens is 2. The predicted octanol–water partition coefficient (Wildman–Crippen LogP) is 8.14. The summed E-state index contributed by atoms with van der Waals surface area (Å²) in [6, 6.07) is 34.0. The van der Waals surface area contributed by atoms with Gasteiger partial charge in [-0.25, -0.2) is 9.07 Å². The Morgan fingerprint density at radius 3 is 1.76 bits per heavy atom. The summed E-state index contributed by atoms with van der Waals surface area (Å²) >= 11 is 0. The second-order valence-electron chi connectivity index (χ2n) is 8.48. The van der Waals surface area contributed by atoms with Crippen LogP contribution in [0, 0.1) is 5.82 Å². The van der Waals surface area contributed by atoms with Gasteiger partial charge in [0.1, 0.15) is 5.82 Å². The topological polar surface area (TPSA) is 17.8 Å². The highest BCUT2D eigenvalue weighted by Gasteiger charge is 2.20. The van der Waals surface area contributed by atoms with Crippen LogP contribution in [0.2, 0.25) is 0 Å². The second kappa shape index (κ2) is 8.87. The maximum atomic E-state index is 13.6. The molecule has 0 bridgehead atoms. The van der Waals surface area contributed by atoms with E-state index in [1.54, 1.807) is 18.3 Å². The van der Waals surface area contributed by atoms with Crippen molar-refractivity contribution in [1.82, 2.24) is 9.78 Å². The minimum atomic E-state index is -0.260. The number of benzene rings is 4. The summed E-state index contributed by atoms with van der Waals surface area (Å²) in [7, 11) is 0. The highest BCUT2D eigenvalue weighted by Crippen LogP contribution is 2.42. The van der Waals surface area contributed by atoms with E-state index in [1.165, 1.54) is 17.7 Å². The van der Waals surface area contributed by atoms with Crippen molar-refractivity contribution < 1.29 is 4.39 Å². The van der Waals surface area contributed by atoms with E-state index in [-0.39, 0.29) is 5.82 Å². The lowest BCUT2D eigenvalue weighted by Crippen LogP contribution is -2.02. The number of nitrogens with zero attached hydrogens (tertiary/aromatic N) is 2. The molecule has 5 rings (SSSR count). The molecule has 5 aromatic rings. The summed E-state index contributed by atoms with van der Waals surface area (Å²) in [5.41, 5.74) is 8.80. The van der Waals surface area contributed by atoms with Crippen molar-refractivity contribution in [2.24, 2.45) is 0 Å². The number of hydrogen-bond acceptors (Lipinski definition) is 1. The zero-order valence-corrected chi connectivity index (χ0v) is 18.7. The normalized spacial score (nSPS) is 11.2. The molecule has 1 heterocycles. The molecule has 1 aromatic heterocycles. The minimum Gasteiger partial charge on any atom is -0.233 e. The Morgan fingerprint density at radius 2 is 1.24 bits per heavy atom. The van der Waals surface area contributed by atoms with Crippen LogP contribution in [0.3, 0.4) is 0 Å². The standard InChI is InChI=1S/C30H25FN2/c1-21(2)24-19-27(22-9-5-3-6-10-22)30(28(20-24)23-11-7-4-8-12-23)29-17-18-32-33(29)26-15-13-25(31)14-16-26/h3-21H,1-2H3. The fourth-order valence-electron chi connectivity index (χ4n) is 4.25. The van der Waals surface area contributed by atoms with Crippen molar-refractivity contribution in [3.05, 3.63) is 121 Å². The number of rotatable bonds is 5. The summed E-state index contributed by atoms with van der Waals surface area (Å²) < 4.78 is 15.5. The maximum absolute atomic E-state index is 13.6. The number of halogens is 1. The molecule has 0 atom stereocenters. The quantitative estimate of drug-likeness (QED) is 0.274. The van der Waals surface area contributed by atoms with Crippen molar-refractivity contribution in [2.45, 2.75) is 19.8 Å². The van der Waals surface area contributed by atoms with Crippen LogP contribution in [0.25, 0.3) is 39.2 Å².